The molecule has 4 aliphatic carbocycles. The summed E-state index contributed by atoms with van der Waals surface area (Å²) in [6, 6.07) is 0. The van der Waals surface area contributed by atoms with E-state index in [0.717, 1.165) is 29.6 Å². The van der Waals surface area contributed by atoms with E-state index >= 15 is 0 Å². The Bertz CT molecular complexity index is 383. The number of rotatable bonds is 2. The van der Waals surface area contributed by atoms with Gasteiger partial charge < -0.3 is 0 Å². The second-order valence-electron chi connectivity index (χ2n) is 6.50. The molecule has 0 heteroatoms. The van der Waals surface area contributed by atoms with Gasteiger partial charge in [-0.15, -0.1) is 0 Å². The van der Waals surface area contributed by atoms with Crippen molar-refractivity contribution in [2.24, 2.45) is 29.6 Å². The van der Waals surface area contributed by atoms with E-state index in [4.69, 9.17) is 0 Å². The Hall–Kier alpha value is -0.520. The van der Waals surface area contributed by atoms with Crippen LogP contribution in [0.3, 0.4) is 0 Å². The van der Waals surface area contributed by atoms with Crippen LogP contribution in [0, 0.1) is 29.6 Å². The molecular formula is C15H20. The highest BCUT2D eigenvalue weighted by molar-refractivity contribution is 5.56. The summed E-state index contributed by atoms with van der Waals surface area (Å²) in [5.74, 6) is 5.00. The Morgan fingerprint density at radius 3 is 2.80 bits per heavy atom. The molecule has 0 aromatic rings. The average molecular weight is 200 g/mol. The van der Waals surface area contributed by atoms with Crippen LogP contribution in [0.25, 0.3) is 0 Å². The van der Waals surface area contributed by atoms with Crippen molar-refractivity contribution in [2.45, 2.75) is 39.5 Å². The van der Waals surface area contributed by atoms with Gasteiger partial charge in [0.15, 0.2) is 0 Å². The fourth-order valence-corrected chi connectivity index (χ4v) is 3.97. The van der Waals surface area contributed by atoms with E-state index in [9.17, 15) is 0 Å². The molecule has 0 radical (unpaired) electrons. The molecule has 0 aliphatic heterocycles. The third-order valence-electron chi connectivity index (χ3n) is 5.10. The van der Waals surface area contributed by atoms with Crippen LogP contribution in [0.2, 0.25) is 0 Å². The van der Waals surface area contributed by atoms with Crippen molar-refractivity contribution >= 4 is 0 Å². The second kappa shape index (κ2) is 2.59. The molecular weight excluding hydrogens is 180 g/mol. The van der Waals surface area contributed by atoms with Crippen LogP contribution in [0.15, 0.2) is 22.8 Å². The Labute approximate surface area is 92.4 Å². The van der Waals surface area contributed by atoms with Crippen molar-refractivity contribution in [3.8, 4) is 0 Å². The lowest BCUT2D eigenvalue weighted by atomic mass is 9.81. The monoisotopic (exact) mass is 200 g/mol. The predicted molar refractivity (Wildman–Crippen MR) is 62.4 cm³/mol. The van der Waals surface area contributed by atoms with Gasteiger partial charge in [-0.1, -0.05) is 25.5 Å². The number of hydrogen-bond donors (Lipinski definition) is 0. The summed E-state index contributed by atoms with van der Waals surface area (Å²) in [6.07, 6.45) is 8.47. The molecule has 0 heterocycles. The SMILES string of the molecule is CC(C)C1CC1/C=C1/CC2=C1C1CC1C2. The second-order valence-corrected chi connectivity index (χ2v) is 6.50. The minimum absolute atomic E-state index is 0.901. The third kappa shape index (κ3) is 1.14. The first-order valence-corrected chi connectivity index (χ1v) is 6.67. The number of hydrogen-bond acceptors (Lipinski definition) is 0. The van der Waals surface area contributed by atoms with E-state index in [0.29, 0.717) is 0 Å². The van der Waals surface area contributed by atoms with Gasteiger partial charge in [0.05, 0.1) is 0 Å². The van der Waals surface area contributed by atoms with Crippen LogP contribution in [0.4, 0.5) is 0 Å². The van der Waals surface area contributed by atoms with Crippen LogP contribution in [-0.2, 0) is 0 Å². The maximum absolute atomic E-state index is 2.64. The van der Waals surface area contributed by atoms with E-state index in [2.05, 4.69) is 19.9 Å². The van der Waals surface area contributed by atoms with E-state index in [1.165, 1.54) is 25.7 Å². The van der Waals surface area contributed by atoms with E-state index in [1.807, 2.05) is 11.1 Å². The van der Waals surface area contributed by atoms with E-state index in [-0.39, 0.29) is 0 Å². The molecule has 0 bridgehead atoms. The molecule has 4 rings (SSSR count). The smallest absolute Gasteiger partial charge is 0.00612 e. The Morgan fingerprint density at radius 2 is 2.13 bits per heavy atom. The molecule has 0 amide bonds. The zero-order valence-electron chi connectivity index (χ0n) is 9.79. The van der Waals surface area contributed by atoms with Crippen molar-refractivity contribution in [3.05, 3.63) is 22.8 Å². The van der Waals surface area contributed by atoms with E-state index in [1.54, 1.807) is 5.57 Å². The van der Waals surface area contributed by atoms with Gasteiger partial charge in [-0.05, 0) is 66.4 Å². The standard InChI is InChI=1S/C15H20/c1-8(2)13-6-9(13)3-11-5-12-4-10-7-14(10)15(11)12/h3,8-10,13-14H,4-7H2,1-2H3/b11-3-. The summed E-state index contributed by atoms with van der Waals surface area (Å²) in [4.78, 5) is 0. The molecule has 0 spiro atoms. The highest BCUT2D eigenvalue weighted by Gasteiger charge is 2.51. The van der Waals surface area contributed by atoms with Crippen molar-refractivity contribution in [1.29, 1.82) is 0 Å². The average Bonchev–Trinajstić information content (AvgIpc) is 3.01. The summed E-state index contributed by atoms with van der Waals surface area (Å²) in [5.41, 5.74) is 5.45. The molecule has 4 atom stereocenters. The highest BCUT2D eigenvalue weighted by Crippen LogP contribution is 2.64. The summed E-state index contributed by atoms with van der Waals surface area (Å²) in [7, 11) is 0. The quantitative estimate of drug-likeness (QED) is 0.633. The summed E-state index contributed by atoms with van der Waals surface area (Å²) >= 11 is 0. The molecule has 0 N–H and O–H groups in total. The van der Waals surface area contributed by atoms with Gasteiger partial charge in [0.2, 0.25) is 0 Å². The van der Waals surface area contributed by atoms with Gasteiger partial charge in [-0.3, -0.25) is 0 Å². The maximum atomic E-state index is 2.64. The van der Waals surface area contributed by atoms with Crippen LogP contribution in [0.5, 0.6) is 0 Å². The van der Waals surface area contributed by atoms with Crippen LogP contribution >= 0.6 is 0 Å². The maximum Gasteiger partial charge on any atom is -0.00612 e. The molecule has 0 nitrogen and oxygen atoms in total. The fraction of sp³-hybridized carbons (Fsp3) is 0.733. The van der Waals surface area contributed by atoms with Crippen molar-refractivity contribution in [3.63, 3.8) is 0 Å². The first-order valence-electron chi connectivity index (χ1n) is 6.67. The zero-order chi connectivity index (χ0) is 10.2. The normalized spacial score (nSPS) is 48.1. The lowest BCUT2D eigenvalue weighted by molar-refractivity contribution is 0.541. The fourth-order valence-electron chi connectivity index (χ4n) is 3.97. The van der Waals surface area contributed by atoms with Crippen LogP contribution < -0.4 is 0 Å². The topological polar surface area (TPSA) is 0 Å². The van der Waals surface area contributed by atoms with Gasteiger partial charge in [0, 0.05) is 0 Å². The van der Waals surface area contributed by atoms with Crippen molar-refractivity contribution < 1.29 is 0 Å². The van der Waals surface area contributed by atoms with Crippen molar-refractivity contribution in [1.82, 2.24) is 0 Å². The van der Waals surface area contributed by atoms with Gasteiger partial charge >= 0.3 is 0 Å². The molecule has 4 unspecified atom stereocenters. The lowest BCUT2D eigenvalue weighted by Gasteiger charge is -2.24. The molecule has 0 saturated heterocycles. The zero-order valence-corrected chi connectivity index (χ0v) is 9.79. The minimum Gasteiger partial charge on any atom is -0.0773 e. The Morgan fingerprint density at radius 1 is 1.27 bits per heavy atom. The summed E-state index contributed by atoms with van der Waals surface area (Å²) in [6.45, 7) is 4.75. The van der Waals surface area contributed by atoms with Gasteiger partial charge in [-0.2, -0.15) is 0 Å². The van der Waals surface area contributed by atoms with Crippen LogP contribution in [-0.4, -0.2) is 0 Å². The number of fused-ring (bicyclic) bond motifs is 2. The minimum atomic E-state index is 0.901. The van der Waals surface area contributed by atoms with Gasteiger partial charge in [0.25, 0.3) is 0 Å². The van der Waals surface area contributed by atoms with Crippen molar-refractivity contribution in [2.75, 3.05) is 0 Å². The first-order chi connectivity index (χ1) is 7.24. The van der Waals surface area contributed by atoms with Crippen LogP contribution in [0.1, 0.15) is 39.5 Å². The molecule has 80 valence electrons. The largest absolute Gasteiger partial charge is 0.0773 e. The lowest BCUT2D eigenvalue weighted by Crippen LogP contribution is -2.07. The Kier molecular flexibility index (Phi) is 1.49. The summed E-state index contributed by atoms with van der Waals surface area (Å²) < 4.78 is 0. The molecule has 2 fully saturated rings. The molecule has 0 aromatic heterocycles. The summed E-state index contributed by atoms with van der Waals surface area (Å²) in [5, 5.41) is 0. The third-order valence-corrected chi connectivity index (χ3v) is 5.10. The molecule has 15 heavy (non-hydrogen) atoms. The van der Waals surface area contributed by atoms with E-state index < -0.39 is 0 Å². The highest BCUT2D eigenvalue weighted by atomic mass is 14.6. The molecule has 4 aliphatic rings. The first kappa shape index (κ1) is 8.61. The Balaban J connectivity index is 1.51. The molecule has 2 saturated carbocycles. The number of allylic oxidation sites excluding steroid dienone is 4. The predicted octanol–water partition coefficient (Wildman–Crippen LogP) is 3.95. The van der Waals surface area contributed by atoms with Gasteiger partial charge in [0.1, 0.15) is 0 Å². The molecule has 0 aromatic carbocycles. The van der Waals surface area contributed by atoms with Gasteiger partial charge in [-0.25, -0.2) is 0 Å².